The van der Waals surface area contributed by atoms with Crippen LogP contribution in [-0.2, 0) is 9.53 Å². The number of esters is 1. The minimum Gasteiger partial charge on any atom is -0.459 e. The Morgan fingerprint density at radius 1 is 0.744 bits per heavy atom. The Bertz CT molecular complexity index is 1660. The molecule has 1 heterocycles. The maximum absolute atomic E-state index is 11.7. The summed E-state index contributed by atoms with van der Waals surface area (Å²) in [6.45, 7) is 16.0. The molecule has 5 aromatic rings. The second kappa shape index (κ2) is 10.5. The van der Waals surface area contributed by atoms with Crippen LogP contribution in [0.1, 0.15) is 47.6 Å². The molecule has 0 aliphatic carbocycles. The fourth-order valence-corrected chi connectivity index (χ4v) is 4.99. The van der Waals surface area contributed by atoms with E-state index in [1.54, 1.807) is 0 Å². The zero-order valence-electron chi connectivity index (χ0n) is 23.5. The zero-order chi connectivity index (χ0) is 27.8. The number of benzene rings is 4. The molecule has 1 aromatic heterocycles. The summed E-state index contributed by atoms with van der Waals surface area (Å²) >= 11 is 0. The van der Waals surface area contributed by atoms with E-state index in [1.807, 2.05) is 13.8 Å². The van der Waals surface area contributed by atoms with Gasteiger partial charge in [-0.25, -0.2) is 4.79 Å². The third-order valence-corrected chi connectivity index (χ3v) is 7.94. The van der Waals surface area contributed by atoms with E-state index in [9.17, 15) is 4.79 Å². The van der Waals surface area contributed by atoms with Gasteiger partial charge in [0, 0.05) is 45.9 Å². The van der Waals surface area contributed by atoms with Crippen molar-refractivity contribution in [2.45, 2.75) is 53.6 Å². The number of ether oxygens (including phenoxy) is 1. The van der Waals surface area contributed by atoms with E-state index in [2.05, 4.69) is 112 Å². The number of hydrogen-bond donors (Lipinski definition) is 0. The molecule has 0 fully saturated rings. The lowest BCUT2D eigenvalue weighted by atomic mass is 9.95. The Morgan fingerprint density at radius 3 is 1.82 bits per heavy atom. The van der Waals surface area contributed by atoms with E-state index in [0.29, 0.717) is 0 Å². The maximum Gasteiger partial charge on any atom is 0.330 e. The van der Waals surface area contributed by atoms with Crippen LogP contribution in [0, 0.1) is 27.7 Å². The molecule has 4 nitrogen and oxygen atoms in total. The average Bonchev–Trinajstić information content (AvgIpc) is 3.29. The Morgan fingerprint density at radius 2 is 1.26 bits per heavy atom. The van der Waals surface area contributed by atoms with Gasteiger partial charge in [0.1, 0.15) is 17.3 Å². The van der Waals surface area contributed by atoms with E-state index in [4.69, 9.17) is 9.15 Å². The first-order chi connectivity index (χ1) is 18.7. The quantitative estimate of drug-likeness (QED) is 0.159. The van der Waals surface area contributed by atoms with Crippen molar-refractivity contribution in [3.05, 3.63) is 113 Å². The Balaban J connectivity index is 1.59. The molecular weight excluding hydrogens is 482 g/mol. The van der Waals surface area contributed by atoms with Gasteiger partial charge >= 0.3 is 5.97 Å². The van der Waals surface area contributed by atoms with E-state index in [-0.39, 0.29) is 12.0 Å². The molecule has 0 saturated carbocycles. The van der Waals surface area contributed by atoms with Crippen LogP contribution < -0.4 is 4.90 Å². The number of fused-ring (bicyclic) bond motifs is 3. The summed E-state index contributed by atoms with van der Waals surface area (Å²) in [7, 11) is 0. The van der Waals surface area contributed by atoms with Gasteiger partial charge in [-0.05, 0) is 105 Å². The topological polar surface area (TPSA) is 42.7 Å². The monoisotopic (exact) mass is 517 g/mol. The van der Waals surface area contributed by atoms with Crippen LogP contribution in [-0.4, -0.2) is 12.1 Å². The van der Waals surface area contributed by atoms with Gasteiger partial charge in [-0.3, -0.25) is 0 Å². The van der Waals surface area contributed by atoms with Gasteiger partial charge in [-0.2, -0.15) is 0 Å². The first kappa shape index (κ1) is 26.3. The van der Waals surface area contributed by atoms with Crippen molar-refractivity contribution in [2.75, 3.05) is 4.90 Å². The third kappa shape index (κ3) is 5.07. The molecule has 0 bridgehead atoms. The molecule has 4 aromatic carbocycles. The lowest BCUT2D eigenvalue weighted by molar-refractivity contribution is -0.143. The van der Waals surface area contributed by atoms with Gasteiger partial charge in [0.15, 0.2) is 0 Å². The summed E-state index contributed by atoms with van der Waals surface area (Å²) in [5.41, 5.74) is 11.0. The molecular formula is C35H35NO3. The SMILES string of the molecule is C=CC(=O)OC(C)C(C)c1ccc2c(c1)oc1cc(N(c3ccc(C)c(C)c3)c3ccc(C)c(C)c3)ccc12. The Hall–Kier alpha value is -4.31. The first-order valence-corrected chi connectivity index (χ1v) is 13.4. The molecule has 0 amide bonds. The molecule has 198 valence electrons. The summed E-state index contributed by atoms with van der Waals surface area (Å²) in [6.07, 6.45) is 0.913. The van der Waals surface area contributed by atoms with Crippen molar-refractivity contribution < 1.29 is 13.9 Å². The smallest absolute Gasteiger partial charge is 0.330 e. The highest BCUT2D eigenvalue weighted by Crippen LogP contribution is 2.40. The normalized spacial score (nSPS) is 12.9. The molecule has 2 atom stereocenters. The molecule has 0 aliphatic rings. The van der Waals surface area contributed by atoms with Gasteiger partial charge in [-0.1, -0.05) is 37.8 Å². The molecule has 0 spiro atoms. The summed E-state index contributed by atoms with van der Waals surface area (Å²) < 4.78 is 11.9. The van der Waals surface area contributed by atoms with Crippen LogP contribution in [0.4, 0.5) is 17.1 Å². The minimum absolute atomic E-state index is 0.00659. The Kier molecular flexibility index (Phi) is 7.05. The van der Waals surface area contributed by atoms with E-state index in [0.717, 1.165) is 44.6 Å². The molecule has 4 heteroatoms. The van der Waals surface area contributed by atoms with Gasteiger partial charge in [0.05, 0.1) is 0 Å². The number of hydrogen-bond acceptors (Lipinski definition) is 4. The maximum atomic E-state index is 11.7. The van der Waals surface area contributed by atoms with Crippen LogP contribution in [0.2, 0.25) is 0 Å². The molecule has 0 N–H and O–H groups in total. The highest BCUT2D eigenvalue weighted by Gasteiger charge is 2.20. The lowest BCUT2D eigenvalue weighted by Gasteiger charge is -2.26. The fraction of sp³-hybridized carbons (Fsp3) is 0.229. The average molecular weight is 518 g/mol. The highest BCUT2D eigenvalue weighted by molar-refractivity contribution is 6.06. The molecule has 0 aliphatic heterocycles. The number of nitrogens with zero attached hydrogens (tertiary/aromatic N) is 1. The molecule has 2 unspecified atom stereocenters. The number of furan rings is 1. The summed E-state index contributed by atoms with van der Waals surface area (Å²) in [5, 5.41) is 2.13. The van der Waals surface area contributed by atoms with Crippen LogP contribution >= 0.6 is 0 Å². The second-order valence-electron chi connectivity index (χ2n) is 10.5. The predicted octanol–water partition coefficient (Wildman–Crippen LogP) is 9.51. The molecule has 0 radical (unpaired) electrons. The van der Waals surface area contributed by atoms with E-state index >= 15 is 0 Å². The fourth-order valence-electron chi connectivity index (χ4n) is 4.99. The summed E-state index contributed by atoms with van der Waals surface area (Å²) in [5.74, 6) is -0.407. The standard InChI is InChI=1S/C35H35NO3/c1-8-35(37)38-26(7)25(6)27-11-15-31-32-16-14-30(20-34(32)39-33(31)19-27)36(28-12-9-21(2)23(4)17-28)29-13-10-22(3)24(5)18-29/h8-20,25-26H,1H2,2-7H3. The van der Waals surface area contributed by atoms with Crippen molar-refractivity contribution in [2.24, 2.45) is 0 Å². The largest absolute Gasteiger partial charge is 0.459 e. The van der Waals surface area contributed by atoms with Gasteiger partial charge in [-0.15, -0.1) is 0 Å². The number of carbonyl (C=O) groups excluding carboxylic acids is 1. The number of rotatable bonds is 7. The van der Waals surface area contributed by atoms with Gasteiger partial charge in [0.25, 0.3) is 0 Å². The van der Waals surface area contributed by atoms with Gasteiger partial charge in [0.2, 0.25) is 0 Å². The van der Waals surface area contributed by atoms with Crippen LogP contribution in [0.5, 0.6) is 0 Å². The first-order valence-electron chi connectivity index (χ1n) is 13.4. The second-order valence-corrected chi connectivity index (χ2v) is 10.5. The van der Waals surface area contributed by atoms with E-state index in [1.165, 1.54) is 28.3 Å². The van der Waals surface area contributed by atoms with Crippen molar-refractivity contribution in [3.63, 3.8) is 0 Å². The number of anilines is 3. The van der Waals surface area contributed by atoms with Gasteiger partial charge < -0.3 is 14.1 Å². The third-order valence-electron chi connectivity index (χ3n) is 7.94. The van der Waals surface area contributed by atoms with E-state index < -0.39 is 5.97 Å². The molecule has 0 saturated heterocycles. The summed E-state index contributed by atoms with van der Waals surface area (Å²) in [6, 6.07) is 25.8. The van der Waals surface area contributed by atoms with Crippen LogP contribution in [0.3, 0.4) is 0 Å². The Labute approximate surface area is 230 Å². The molecule has 5 rings (SSSR count). The summed E-state index contributed by atoms with van der Waals surface area (Å²) in [4.78, 5) is 14.0. The van der Waals surface area contributed by atoms with Crippen molar-refractivity contribution >= 4 is 45.0 Å². The van der Waals surface area contributed by atoms with Crippen LogP contribution in [0.15, 0.2) is 89.9 Å². The lowest BCUT2D eigenvalue weighted by Crippen LogP contribution is -2.19. The number of aryl methyl sites for hydroxylation is 4. The van der Waals surface area contributed by atoms with Crippen LogP contribution in [0.25, 0.3) is 21.9 Å². The zero-order valence-corrected chi connectivity index (χ0v) is 23.5. The van der Waals surface area contributed by atoms with Crippen molar-refractivity contribution in [3.8, 4) is 0 Å². The molecule has 39 heavy (non-hydrogen) atoms. The highest BCUT2D eigenvalue weighted by atomic mass is 16.5. The van der Waals surface area contributed by atoms with Crippen molar-refractivity contribution in [1.82, 2.24) is 0 Å². The minimum atomic E-state index is -0.413. The predicted molar refractivity (Wildman–Crippen MR) is 162 cm³/mol. The number of carbonyl (C=O) groups is 1. The van der Waals surface area contributed by atoms with Crippen molar-refractivity contribution in [1.29, 1.82) is 0 Å².